The Hall–Kier alpha value is -1.74. The second-order valence-electron chi connectivity index (χ2n) is 5.49. The summed E-state index contributed by atoms with van der Waals surface area (Å²) < 4.78 is 18.9. The van der Waals surface area contributed by atoms with Gasteiger partial charge in [-0.3, -0.25) is 0 Å². The highest BCUT2D eigenvalue weighted by Crippen LogP contribution is 2.63. The highest BCUT2D eigenvalue weighted by atomic mass is 79.9. The van der Waals surface area contributed by atoms with E-state index in [9.17, 15) is 4.39 Å². The zero-order chi connectivity index (χ0) is 14.5. The molecule has 3 rings (SSSR count). The van der Waals surface area contributed by atoms with Crippen LogP contribution in [0, 0.1) is 28.5 Å². The predicted molar refractivity (Wildman–Crippen MR) is 73.0 cm³/mol. The summed E-state index contributed by atoms with van der Waals surface area (Å²) in [6.07, 6.45) is 0. The lowest BCUT2D eigenvalue weighted by molar-refractivity contribution is 0.368. The van der Waals surface area contributed by atoms with Gasteiger partial charge in [0.05, 0.1) is 17.9 Å². The Bertz CT molecular complexity index is 719. The van der Waals surface area contributed by atoms with Crippen LogP contribution in [0.15, 0.2) is 27.2 Å². The van der Waals surface area contributed by atoms with Crippen molar-refractivity contribution in [2.45, 2.75) is 19.8 Å². The van der Waals surface area contributed by atoms with Gasteiger partial charge in [-0.2, -0.15) is 10.2 Å². The average molecular weight is 336 g/mol. The predicted octanol–water partition coefficient (Wildman–Crippen LogP) is 3.90. The molecule has 2 aromatic rings. The molecule has 2 atom stereocenters. The first-order chi connectivity index (χ1) is 9.45. The Kier molecular flexibility index (Phi) is 2.91. The quantitative estimate of drug-likeness (QED) is 0.834. The summed E-state index contributed by atoms with van der Waals surface area (Å²) in [5, 5.41) is 13.0. The van der Waals surface area contributed by atoms with Crippen molar-refractivity contribution in [3.8, 4) is 17.5 Å². The van der Waals surface area contributed by atoms with Crippen LogP contribution < -0.4 is 0 Å². The van der Waals surface area contributed by atoms with Crippen molar-refractivity contribution < 1.29 is 8.91 Å². The summed E-state index contributed by atoms with van der Waals surface area (Å²) in [5.41, 5.74) is 0.520. The number of nitrogens with zero attached hydrogens (tertiary/aromatic N) is 3. The van der Waals surface area contributed by atoms with E-state index in [1.807, 2.05) is 13.8 Å². The summed E-state index contributed by atoms with van der Waals surface area (Å²) >= 11 is 3.28. The molecule has 1 aromatic heterocycles. The number of benzene rings is 1. The van der Waals surface area contributed by atoms with Gasteiger partial charge in [-0.25, -0.2) is 4.39 Å². The lowest BCUT2D eigenvalue weighted by Gasteiger charge is -1.98. The van der Waals surface area contributed by atoms with E-state index in [0.29, 0.717) is 21.8 Å². The molecule has 0 bridgehead atoms. The lowest BCUT2D eigenvalue weighted by Crippen LogP contribution is -1.90. The Morgan fingerprint density at radius 3 is 2.80 bits per heavy atom. The molecule has 0 aliphatic heterocycles. The molecule has 2 unspecified atom stereocenters. The first kappa shape index (κ1) is 13.3. The smallest absolute Gasteiger partial charge is 0.232 e. The summed E-state index contributed by atoms with van der Waals surface area (Å²) in [4.78, 5) is 4.35. The van der Waals surface area contributed by atoms with E-state index < -0.39 is 0 Å². The second kappa shape index (κ2) is 4.38. The second-order valence-corrected chi connectivity index (χ2v) is 6.34. The van der Waals surface area contributed by atoms with E-state index >= 15 is 0 Å². The Labute approximate surface area is 123 Å². The molecule has 0 spiro atoms. The molecule has 0 amide bonds. The largest absolute Gasteiger partial charge is 0.339 e. The van der Waals surface area contributed by atoms with Crippen molar-refractivity contribution in [1.29, 1.82) is 5.26 Å². The molecule has 0 radical (unpaired) electrons. The maximum Gasteiger partial charge on any atom is 0.232 e. The van der Waals surface area contributed by atoms with Gasteiger partial charge in [-0.1, -0.05) is 19.0 Å². The minimum Gasteiger partial charge on any atom is -0.339 e. The van der Waals surface area contributed by atoms with E-state index in [2.05, 4.69) is 32.1 Å². The standard InChI is InChI=1S/C14H11BrFN3O/c1-14(2)9(6-17)11(14)13-18-12(19-20-13)8-4-3-7(16)5-10(8)15/h3-5,9,11H,1-2H3. The minimum atomic E-state index is -0.336. The van der Waals surface area contributed by atoms with Crippen LogP contribution in [0.3, 0.4) is 0 Å². The third-order valence-corrected chi connectivity index (χ3v) is 4.50. The van der Waals surface area contributed by atoms with Gasteiger partial charge < -0.3 is 4.52 Å². The van der Waals surface area contributed by atoms with Crippen LogP contribution in [0.2, 0.25) is 0 Å². The van der Waals surface area contributed by atoms with Crippen LogP contribution in [0.25, 0.3) is 11.4 Å². The van der Waals surface area contributed by atoms with Gasteiger partial charge in [-0.15, -0.1) is 0 Å². The van der Waals surface area contributed by atoms with Gasteiger partial charge in [0.15, 0.2) is 0 Å². The summed E-state index contributed by atoms with van der Waals surface area (Å²) in [5.74, 6) is 0.386. The zero-order valence-electron chi connectivity index (χ0n) is 10.9. The number of hydrogen-bond acceptors (Lipinski definition) is 4. The van der Waals surface area contributed by atoms with Crippen LogP contribution in [0.4, 0.5) is 4.39 Å². The van der Waals surface area contributed by atoms with Crippen LogP contribution in [-0.2, 0) is 0 Å². The molecular weight excluding hydrogens is 325 g/mol. The van der Waals surface area contributed by atoms with Crippen molar-refractivity contribution in [2.24, 2.45) is 11.3 Å². The Balaban J connectivity index is 1.94. The zero-order valence-corrected chi connectivity index (χ0v) is 12.5. The van der Waals surface area contributed by atoms with Gasteiger partial charge in [0, 0.05) is 10.0 Å². The monoisotopic (exact) mass is 335 g/mol. The molecule has 1 saturated carbocycles. The number of aromatic nitrogens is 2. The van der Waals surface area contributed by atoms with Gasteiger partial charge in [0.2, 0.25) is 11.7 Å². The number of hydrogen-bond donors (Lipinski definition) is 0. The van der Waals surface area contributed by atoms with Crippen molar-refractivity contribution >= 4 is 15.9 Å². The molecule has 102 valence electrons. The van der Waals surface area contributed by atoms with Crippen LogP contribution in [-0.4, -0.2) is 10.1 Å². The van der Waals surface area contributed by atoms with Gasteiger partial charge in [0.1, 0.15) is 5.82 Å². The molecule has 1 fully saturated rings. The van der Waals surface area contributed by atoms with Crippen LogP contribution in [0.1, 0.15) is 25.7 Å². The molecule has 4 nitrogen and oxygen atoms in total. The topological polar surface area (TPSA) is 62.7 Å². The molecule has 1 aliphatic rings. The number of rotatable bonds is 2. The third-order valence-electron chi connectivity index (χ3n) is 3.85. The fourth-order valence-electron chi connectivity index (χ4n) is 2.48. The van der Waals surface area contributed by atoms with E-state index in [1.165, 1.54) is 12.1 Å². The van der Waals surface area contributed by atoms with Gasteiger partial charge >= 0.3 is 0 Å². The van der Waals surface area contributed by atoms with Crippen molar-refractivity contribution in [3.05, 3.63) is 34.4 Å². The van der Waals surface area contributed by atoms with E-state index in [1.54, 1.807) is 6.07 Å². The molecule has 20 heavy (non-hydrogen) atoms. The highest BCUT2D eigenvalue weighted by Gasteiger charge is 2.62. The summed E-state index contributed by atoms with van der Waals surface area (Å²) in [6, 6.07) is 6.54. The van der Waals surface area contributed by atoms with Crippen molar-refractivity contribution in [2.75, 3.05) is 0 Å². The highest BCUT2D eigenvalue weighted by molar-refractivity contribution is 9.10. The molecular formula is C14H11BrFN3O. The number of halogens is 2. The first-order valence-corrected chi connectivity index (χ1v) is 6.93. The summed E-state index contributed by atoms with van der Waals surface area (Å²) in [7, 11) is 0. The fourth-order valence-corrected chi connectivity index (χ4v) is 3.01. The molecule has 0 N–H and O–H groups in total. The van der Waals surface area contributed by atoms with Crippen molar-refractivity contribution in [1.82, 2.24) is 10.1 Å². The summed E-state index contributed by atoms with van der Waals surface area (Å²) in [6.45, 7) is 4.01. The normalized spacial score (nSPS) is 23.4. The molecule has 1 heterocycles. The van der Waals surface area contributed by atoms with Gasteiger partial charge in [-0.05, 0) is 39.5 Å². The fraction of sp³-hybridized carbons (Fsp3) is 0.357. The van der Waals surface area contributed by atoms with Crippen LogP contribution in [0.5, 0.6) is 0 Å². The SMILES string of the molecule is CC1(C)C(C#N)C1c1nc(-c2ccc(F)cc2Br)no1. The third kappa shape index (κ3) is 1.93. The van der Waals surface area contributed by atoms with Crippen molar-refractivity contribution in [3.63, 3.8) is 0 Å². The average Bonchev–Trinajstić information content (AvgIpc) is 2.73. The molecule has 1 aliphatic carbocycles. The van der Waals surface area contributed by atoms with E-state index in [0.717, 1.165) is 0 Å². The lowest BCUT2D eigenvalue weighted by atomic mass is 10.1. The van der Waals surface area contributed by atoms with E-state index in [-0.39, 0.29) is 23.1 Å². The Morgan fingerprint density at radius 2 is 2.20 bits per heavy atom. The molecule has 1 aromatic carbocycles. The Morgan fingerprint density at radius 1 is 1.45 bits per heavy atom. The first-order valence-electron chi connectivity index (χ1n) is 6.14. The van der Waals surface area contributed by atoms with Crippen LogP contribution >= 0.6 is 15.9 Å². The maximum atomic E-state index is 13.1. The van der Waals surface area contributed by atoms with Gasteiger partial charge in [0.25, 0.3) is 0 Å². The molecule has 6 heteroatoms. The maximum absolute atomic E-state index is 13.1. The minimum absolute atomic E-state index is 0.0343. The molecule has 0 saturated heterocycles. The van der Waals surface area contributed by atoms with E-state index in [4.69, 9.17) is 9.78 Å². The number of nitriles is 1.